The molecule has 76 valence electrons. The van der Waals surface area contributed by atoms with Crippen LogP contribution in [0.3, 0.4) is 0 Å². The van der Waals surface area contributed by atoms with Crippen molar-refractivity contribution in [1.29, 1.82) is 0 Å². The van der Waals surface area contributed by atoms with Crippen LogP contribution in [0.1, 0.15) is 26.7 Å². The lowest BCUT2D eigenvalue weighted by atomic mass is 10.0. The van der Waals surface area contributed by atoms with E-state index < -0.39 is 0 Å². The maximum Gasteiger partial charge on any atom is 0.202 e. The summed E-state index contributed by atoms with van der Waals surface area (Å²) in [5.41, 5.74) is 5.36. The molecule has 0 aromatic carbocycles. The van der Waals surface area contributed by atoms with Gasteiger partial charge in [0.2, 0.25) is 6.29 Å². The molecule has 0 amide bonds. The number of hydrogen-bond donors (Lipinski definition) is 1. The van der Waals surface area contributed by atoms with E-state index >= 15 is 0 Å². The zero-order valence-electron chi connectivity index (χ0n) is 8.45. The van der Waals surface area contributed by atoms with Gasteiger partial charge in [-0.25, -0.2) is 0 Å². The first-order chi connectivity index (χ1) is 6.27. The number of ether oxygens (including phenoxy) is 2. The molecule has 1 heterocycles. The predicted octanol–water partition coefficient (Wildman–Crippen LogP) is 1.64. The minimum Gasteiger partial charge on any atom is -0.469 e. The van der Waals surface area contributed by atoms with Crippen LogP contribution in [-0.4, -0.2) is 19.4 Å². The van der Waals surface area contributed by atoms with Crippen LogP contribution in [0, 0.1) is 5.92 Å². The number of hydrogen-bond acceptors (Lipinski definition) is 3. The van der Waals surface area contributed by atoms with E-state index in [0.717, 1.165) is 18.6 Å². The van der Waals surface area contributed by atoms with E-state index in [4.69, 9.17) is 15.2 Å². The molecule has 2 atom stereocenters. The van der Waals surface area contributed by atoms with Crippen LogP contribution in [-0.2, 0) is 9.47 Å². The highest BCUT2D eigenvalue weighted by Gasteiger charge is 2.23. The Morgan fingerprint density at radius 1 is 1.69 bits per heavy atom. The van der Waals surface area contributed by atoms with Crippen LogP contribution in [0.2, 0.25) is 0 Å². The van der Waals surface area contributed by atoms with E-state index in [1.54, 1.807) is 0 Å². The van der Waals surface area contributed by atoms with Crippen molar-refractivity contribution in [2.75, 3.05) is 13.2 Å². The Morgan fingerprint density at radius 3 is 3.08 bits per heavy atom. The van der Waals surface area contributed by atoms with Crippen LogP contribution in [0.5, 0.6) is 0 Å². The summed E-state index contributed by atoms with van der Waals surface area (Å²) >= 11 is 0. The molecule has 0 radical (unpaired) electrons. The van der Waals surface area contributed by atoms with Crippen molar-refractivity contribution in [3.05, 3.63) is 11.8 Å². The SMILES string of the molecule is CCC1=CCC(C)C(OCCN)O1. The van der Waals surface area contributed by atoms with Gasteiger partial charge >= 0.3 is 0 Å². The van der Waals surface area contributed by atoms with Crippen LogP contribution in [0.15, 0.2) is 11.8 Å². The lowest BCUT2D eigenvalue weighted by Gasteiger charge is -2.29. The van der Waals surface area contributed by atoms with Crippen molar-refractivity contribution < 1.29 is 9.47 Å². The third-order valence-electron chi connectivity index (χ3n) is 2.20. The van der Waals surface area contributed by atoms with E-state index in [1.165, 1.54) is 0 Å². The van der Waals surface area contributed by atoms with Crippen LogP contribution >= 0.6 is 0 Å². The molecule has 0 spiro atoms. The molecule has 0 aromatic heterocycles. The highest BCUT2D eigenvalue weighted by Crippen LogP contribution is 2.24. The van der Waals surface area contributed by atoms with Gasteiger partial charge in [-0.2, -0.15) is 0 Å². The van der Waals surface area contributed by atoms with Gasteiger partial charge in [0, 0.05) is 18.9 Å². The van der Waals surface area contributed by atoms with Gasteiger partial charge < -0.3 is 15.2 Å². The van der Waals surface area contributed by atoms with E-state index in [2.05, 4.69) is 19.9 Å². The predicted molar refractivity (Wildman–Crippen MR) is 52.0 cm³/mol. The normalized spacial score (nSPS) is 28.1. The second-order valence-corrected chi connectivity index (χ2v) is 3.38. The molecular formula is C10H19NO2. The molecule has 0 bridgehead atoms. The minimum absolute atomic E-state index is 0.0940. The molecule has 0 aromatic rings. The number of nitrogens with two attached hydrogens (primary N) is 1. The summed E-state index contributed by atoms with van der Waals surface area (Å²) in [5, 5.41) is 0. The van der Waals surface area contributed by atoms with Crippen molar-refractivity contribution in [2.24, 2.45) is 11.7 Å². The maximum atomic E-state index is 5.63. The van der Waals surface area contributed by atoms with Crippen molar-refractivity contribution in [3.63, 3.8) is 0 Å². The summed E-state index contributed by atoms with van der Waals surface area (Å²) in [5.74, 6) is 1.47. The van der Waals surface area contributed by atoms with E-state index in [-0.39, 0.29) is 6.29 Å². The molecule has 1 aliphatic heterocycles. The topological polar surface area (TPSA) is 44.5 Å². The standard InChI is InChI=1S/C10H19NO2/c1-3-9-5-4-8(2)10(13-9)12-7-6-11/h5,8,10H,3-4,6-7,11H2,1-2H3. The van der Waals surface area contributed by atoms with Gasteiger partial charge in [0.1, 0.15) is 0 Å². The first-order valence-corrected chi connectivity index (χ1v) is 4.95. The van der Waals surface area contributed by atoms with Crippen LogP contribution in [0.4, 0.5) is 0 Å². The van der Waals surface area contributed by atoms with Gasteiger partial charge in [-0.3, -0.25) is 0 Å². The summed E-state index contributed by atoms with van der Waals surface area (Å²) in [4.78, 5) is 0. The molecule has 13 heavy (non-hydrogen) atoms. The summed E-state index contributed by atoms with van der Waals surface area (Å²) in [7, 11) is 0. The molecule has 3 nitrogen and oxygen atoms in total. The summed E-state index contributed by atoms with van der Waals surface area (Å²) in [6, 6.07) is 0. The molecule has 3 heteroatoms. The summed E-state index contributed by atoms with van der Waals surface area (Å²) in [6.45, 7) is 5.34. The molecule has 2 unspecified atom stereocenters. The summed E-state index contributed by atoms with van der Waals surface area (Å²) < 4.78 is 11.1. The second-order valence-electron chi connectivity index (χ2n) is 3.38. The third-order valence-corrected chi connectivity index (χ3v) is 2.20. The fourth-order valence-corrected chi connectivity index (χ4v) is 1.35. The largest absolute Gasteiger partial charge is 0.469 e. The van der Waals surface area contributed by atoms with Gasteiger partial charge in [-0.05, 0) is 12.5 Å². The van der Waals surface area contributed by atoms with E-state index in [1.807, 2.05) is 0 Å². The molecule has 1 aliphatic rings. The molecule has 0 aliphatic carbocycles. The Kier molecular flexibility index (Phi) is 4.25. The Balaban J connectivity index is 2.41. The number of rotatable bonds is 4. The Labute approximate surface area is 79.9 Å². The zero-order valence-corrected chi connectivity index (χ0v) is 8.45. The van der Waals surface area contributed by atoms with Gasteiger partial charge in [-0.1, -0.05) is 13.8 Å². The Morgan fingerprint density at radius 2 is 2.46 bits per heavy atom. The highest BCUT2D eigenvalue weighted by atomic mass is 16.7. The fraction of sp³-hybridized carbons (Fsp3) is 0.800. The molecule has 0 saturated heterocycles. The molecule has 0 fully saturated rings. The molecule has 2 N–H and O–H groups in total. The van der Waals surface area contributed by atoms with Crippen molar-refractivity contribution in [3.8, 4) is 0 Å². The molecular weight excluding hydrogens is 166 g/mol. The molecule has 1 rings (SSSR count). The quantitative estimate of drug-likeness (QED) is 0.724. The minimum atomic E-state index is -0.0940. The van der Waals surface area contributed by atoms with Gasteiger partial charge in [0.25, 0.3) is 0 Å². The Bertz CT molecular complexity index is 180. The number of allylic oxidation sites excluding steroid dienone is 2. The average molecular weight is 185 g/mol. The zero-order chi connectivity index (χ0) is 9.68. The smallest absolute Gasteiger partial charge is 0.202 e. The lowest BCUT2D eigenvalue weighted by Crippen LogP contribution is -2.29. The van der Waals surface area contributed by atoms with Crippen LogP contribution < -0.4 is 5.73 Å². The van der Waals surface area contributed by atoms with Crippen molar-refractivity contribution in [2.45, 2.75) is 33.0 Å². The summed E-state index contributed by atoms with van der Waals surface area (Å²) in [6.07, 6.45) is 4.03. The first-order valence-electron chi connectivity index (χ1n) is 4.95. The van der Waals surface area contributed by atoms with Gasteiger partial charge in [0.15, 0.2) is 0 Å². The van der Waals surface area contributed by atoms with E-state index in [9.17, 15) is 0 Å². The second kappa shape index (κ2) is 5.25. The average Bonchev–Trinajstić information content (AvgIpc) is 2.17. The monoisotopic (exact) mass is 185 g/mol. The van der Waals surface area contributed by atoms with Crippen molar-refractivity contribution >= 4 is 0 Å². The Hall–Kier alpha value is -0.540. The fourth-order valence-electron chi connectivity index (χ4n) is 1.35. The van der Waals surface area contributed by atoms with Gasteiger partial charge in [-0.15, -0.1) is 0 Å². The van der Waals surface area contributed by atoms with Crippen LogP contribution in [0.25, 0.3) is 0 Å². The van der Waals surface area contributed by atoms with Crippen molar-refractivity contribution in [1.82, 2.24) is 0 Å². The highest BCUT2D eigenvalue weighted by molar-refractivity contribution is 4.97. The maximum absolute atomic E-state index is 5.63. The van der Waals surface area contributed by atoms with Gasteiger partial charge in [0.05, 0.1) is 12.4 Å². The van der Waals surface area contributed by atoms with E-state index in [0.29, 0.717) is 19.1 Å². The first kappa shape index (κ1) is 10.5. The third kappa shape index (κ3) is 3.01. The lowest BCUT2D eigenvalue weighted by molar-refractivity contribution is -0.151. The molecule has 0 saturated carbocycles.